The molecule has 0 amide bonds. The van der Waals surface area contributed by atoms with Gasteiger partial charge < -0.3 is 15.2 Å². The Morgan fingerprint density at radius 2 is 1.94 bits per heavy atom. The molecular weight excluding hydrogens is 226 g/mol. The number of para-hydroxylation sites is 1. The van der Waals surface area contributed by atoms with E-state index in [4.69, 9.17) is 9.84 Å². The summed E-state index contributed by atoms with van der Waals surface area (Å²) in [6.07, 6.45) is 1.04. The van der Waals surface area contributed by atoms with Crippen LogP contribution in [0.25, 0.3) is 0 Å². The molecule has 1 aromatic rings. The molecule has 2 N–H and O–H groups in total. The van der Waals surface area contributed by atoms with Gasteiger partial charge in [-0.05, 0) is 38.8 Å². The van der Waals surface area contributed by atoms with E-state index in [1.165, 1.54) is 5.56 Å². The highest BCUT2D eigenvalue weighted by molar-refractivity contribution is 5.33. The van der Waals surface area contributed by atoms with Crippen molar-refractivity contribution in [2.45, 2.75) is 39.8 Å². The minimum atomic E-state index is 0.194. The molecule has 3 nitrogen and oxygen atoms in total. The molecule has 18 heavy (non-hydrogen) atoms. The Morgan fingerprint density at radius 1 is 1.22 bits per heavy atom. The number of rotatable bonds is 8. The van der Waals surface area contributed by atoms with E-state index in [9.17, 15) is 0 Å². The van der Waals surface area contributed by atoms with Crippen LogP contribution in [0.4, 0.5) is 0 Å². The molecule has 1 unspecified atom stereocenters. The molecule has 0 bridgehead atoms. The van der Waals surface area contributed by atoms with Crippen LogP contribution in [0, 0.1) is 5.92 Å². The summed E-state index contributed by atoms with van der Waals surface area (Å²) in [6.45, 7) is 8.19. The molecule has 3 heteroatoms. The topological polar surface area (TPSA) is 41.5 Å². The van der Waals surface area contributed by atoms with Crippen LogP contribution in [0.5, 0.6) is 5.75 Å². The summed E-state index contributed by atoms with van der Waals surface area (Å²) in [5.41, 5.74) is 1.18. The number of aliphatic hydroxyl groups is 1. The van der Waals surface area contributed by atoms with Crippen molar-refractivity contribution in [1.82, 2.24) is 5.32 Å². The van der Waals surface area contributed by atoms with Crippen molar-refractivity contribution in [3.05, 3.63) is 29.8 Å². The zero-order valence-corrected chi connectivity index (χ0v) is 11.6. The average molecular weight is 251 g/mol. The Bertz CT molecular complexity index is 339. The van der Waals surface area contributed by atoms with Crippen LogP contribution in [0.2, 0.25) is 0 Å². The van der Waals surface area contributed by atoms with E-state index in [1.54, 1.807) is 0 Å². The van der Waals surface area contributed by atoms with Crippen LogP contribution in [-0.2, 0) is 6.54 Å². The van der Waals surface area contributed by atoms with Gasteiger partial charge in [-0.15, -0.1) is 0 Å². The molecule has 0 saturated carbocycles. The normalized spacial score (nSPS) is 12.7. The molecule has 102 valence electrons. The van der Waals surface area contributed by atoms with Crippen molar-refractivity contribution in [3.63, 3.8) is 0 Å². The Labute approximate surface area is 110 Å². The van der Waals surface area contributed by atoms with Gasteiger partial charge >= 0.3 is 0 Å². The van der Waals surface area contributed by atoms with Gasteiger partial charge in [0.2, 0.25) is 0 Å². The van der Waals surface area contributed by atoms with Gasteiger partial charge in [-0.25, -0.2) is 0 Å². The number of ether oxygens (including phenoxy) is 1. The first-order valence-corrected chi connectivity index (χ1v) is 6.69. The molecule has 0 aliphatic heterocycles. The third-order valence-corrected chi connectivity index (χ3v) is 2.77. The lowest BCUT2D eigenvalue weighted by Gasteiger charge is -2.16. The summed E-state index contributed by atoms with van der Waals surface area (Å²) in [5, 5.41) is 12.3. The van der Waals surface area contributed by atoms with E-state index in [0.29, 0.717) is 5.92 Å². The van der Waals surface area contributed by atoms with Gasteiger partial charge in [0.05, 0.1) is 6.10 Å². The lowest BCUT2D eigenvalue weighted by Crippen LogP contribution is -2.22. The van der Waals surface area contributed by atoms with E-state index < -0.39 is 0 Å². The first kappa shape index (κ1) is 15.0. The van der Waals surface area contributed by atoms with Crippen molar-refractivity contribution >= 4 is 0 Å². The molecule has 1 atom stereocenters. The summed E-state index contributed by atoms with van der Waals surface area (Å²) in [6, 6.07) is 8.12. The van der Waals surface area contributed by atoms with Crippen molar-refractivity contribution in [2.24, 2.45) is 5.92 Å². The van der Waals surface area contributed by atoms with Gasteiger partial charge in [0.1, 0.15) is 5.75 Å². The summed E-state index contributed by atoms with van der Waals surface area (Å²) in [5.74, 6) is 1.45. The SMILES string of the molecule is CC(CCO)CNCc1ccccc1OC(C)C. The molecule has 0 aromatic heterocycles. The number of nitrogens with one attached hydrogen (secondary N) is 1. The molecule has 0 spiro atoms. The maximum atomic E-state index is 8.85. The zero-order valence-electron chi connectivity index (χ0n) is 11.6. The van der Waals surface area contributed by atoms with Crippen LogP contribution >= 0.6 is 0 Å². The van der Waals surface area contributed by atoms with Crippen LogP contribution < -0.4 is 10.1 Å². The van der Waals surface area contributed by atoms with Gasteiger partial charge in [-0.3, -0.25) is 0 Å². The predicted molar refractivity (Wildman–Crippen MR) is 74.8 cm³/mol. The second-order valence-corrected chi connectivity index (χ2v) is 5.02. The molecular formula is C15H25NO2. The minimum Gasteiger partial charge on any atom is -0.491 e. The van der Waals surface area contributed by atoms with Gasteiger partial charge in [-0.1, -0.05) is 25.1 Å². The summed E-state index contributed by atoms with van der Waals surface area (Å²) < 4.78 is 5.77. The highest BCUT2D eigenvalue weighted by atomic mass is 16.5. The van der Waals surface area contributed by atoms with Gasteiger partial charge in [0.25, 0.3) is 0 Å². The largest absolute Gasteiger partial charge is 0.491 e. The quantitative estimate of drug-likeness (QED) is 0.746. The highest BCUT2D eigenvalue weighted by Crippen LogP contribution is 2.19. The maximum absolute atomic E-state index is 8.85. The maximum Gasteiger partial charge on any atom is 0.124 e. The number of aliphatic hydroxyl groups excluding tert-OH is 1. The van der Waals surface area contributed by atoms with E-state index >= 15 is 0 Å². The highest BCUT2D eigenvalue weighted by Gasteiger charge is 2.05. The van der Waals surface area contributed by atoms with Crippen LogP contribution in [-0.4, -0.2) is 24.4 Å². The minimum absolute atomic E-state index is 0.194. The van der Waals surface area contributed by atoms with Gasteiger partial charge in [-0.2, -0.15) is 0 Å². The van der Waals surface area contributed by atoms with E-state index in [1.807, 2.05) is 32.0 Å². The Balaban J connectivity index is 2.46. The van der Waals surface area contributed by atoms with Crippen molar-refractivity contribution in [1.29, 1.82) is 0 Å². The fourth-order valence-electron chi connectivity index (χ4n) is 1.79. The van der Waals surface area contributed by atoms with Crippen molar-refractivity contribution < 1.29 is 9.84 Å². The predicted octanol–water partition coefficient (Wildman–Crippen LogP) is 2.58. The first-order chi connectivity index (χ1) is 8.63. The third-order valence-electron chi connectivity index (χ3n) is 2.77. The monoisotopic (exact) mass is 251 g/mol. The molecule has 0 fully saturated rings. The van der Waals surface area contributed by atoms with Crippen LogP contribution in [0.3, 0.4) is 0 Å². The number of hydrogen-bond acceptors (Lipinski definition) is 3. The molecule has 1 aromatic carbocycles. The van der Waals surface area contributed by atoms with Crippen LogP contribution in [0.15, 0.2) is 24.3 Å². The number of hydrogen-bond donors (Lipinski definition) is 2. The Kier molecular flexibility index (Phi) is 6.76. The second kappa shape index (κ2) is 8.11. The summed E-state index contributed by atoms with van der Waals surface area (Å²) >= 11 is 0. The lowest BCUT2D eigenvalue weighted by atomic mass is 10.1. The summed E-state index contributed by atoms with van der Waals surface area (Å²) in [7, 11) is 0. The average Bonchev–Trinajstić information content (AvgIpc) is 2.31. The molecule has 0 aliphatic rings. The molecule has 0 heterocycles. The zero-order chi connectivity index (χ0) is 13.4. The van der Waals surface area contributed by atoms with Gasteiger partial charge in [0.15, 0.2) is 0 Å². The third kappa shape index (κ3) is 5.52. The Morgan fingerprint density at radius 3 is 2.61 bits per heavy atom. The first-order valence-electron chi connectivity index (χ1n) is 6.69. The molecule has 0 radical (unpaired) electrons. The fourth-order valence-corrected chi connectivity index (χ4v) is 1.79. The smallest absolute Gasteiger partial charge is 0.124 e. The fraction of sp³-hybridized carbons (Fsp3) is 0.600. The van der Waals surface area contributed by atoms with Crippen molar-refractivity contribution in [3.8, 4) is 5.75 Å². The lowest BCUT2D eigenvalue weighted by molar-refractivity contribution is 0.238. The number of benzene rings is 1. The van der Waals surface area contributed by atoms with E-state index in [0.717, 1.165) is 25.3 Å². The Hall–Kier alpha value is -1.06. The van der Waals surface area contributed by atoms with Gasteiger partial charge in [0, 0.05) is 18.7 Å². The van der Waals surface area contributed by atoms with E-state index in [2.05, 4.69) is 18.3 Å². The standard InChI is InChI=1S/C15H25NO2/c1-12(2)18-15-7-5-4-6-14(15)11-16-10-13(3)8-9-17/h4-7,12-13,16-17H,8-11H2,1-3H3. The molecule has 0 saturated heterocycles. The van der Waals surface area contributed by atoms with Crippen molar-refractivity contribution in [2.75, 3.05) is 13.2 Å². The molecule has 0 aliphatic carbocycles. The second-order valence-electron chi connectivity index (χ2n) is 5.02. The van der Waals surface area contributed by atoms with E-state index in [-0.39, 0.29) is 12.7 Å². The van der Waals surface area contributed by atoms with Crippen LogP contribution in [0.1, 0.15) is 32.8 Å². The molecule has 1 rings (SSSR count). The summed E-state index contributed by atoms with van der Waals surface area (Å²) in [4.78, 5) is 0.